The molecule has 0 saturated carbocycles. The maximum atomic E-state index is 5.76. The Hall–Kier alpha value is -1.20. The molecular weight excluding hydrogens is 230 g/mol. The summed E-state index contributed by atoms with van der Waals surface area (Å²) in [5.74, 6) is 0.505. The molecule has 1 aromatic heterocycles. The van der Waals surface area contributed by atoms with Gasteiger partial charge in [0.25, 0.3) is 0 Å². The molecular formula is C13H19N3O2. The minimum absolute atomic E-state index is 0.0898. The molecule has 18 heavy (non-hydrogen) atoms. The lowest BCUT2D eigenvalue weighted by Crippen LogP contribution is -2.26. The highest BCUT2D eigenvalue weighted by Gasteiger charge is 2.32. The van der Waals surface area contributed by atoms with Crippen LogP contribution in [0.2, 0.25) is 0 Å². The molecule has 98 valence electrons. The quantitative estimate of drug-likeness (QED) is 0.880. The molecule has 2 aliphatic rings. The van der Waals surface area contributed by atoms with Crippen molar-refractivity contribution in [3.05, 3.63) is 17.6 Å². The number of fused-ring (bicyclic) bond motifs is 1. The molecule has 5 heteroatoms. The van der Waals surface area contributed by atoms with Crippen LogP contribution in [-0.4, -0.2) is 35.0 Å². The van der Waals surface area contributed by atoms with Gasteiger partial charge in [-0.3, -0.25) is 0 Å². The Labute approximate surface area is 107 Å². The molecule has 0 bridgehead atoms. The molecule has 0 radical (unpaired) electrons. The molecule has 1 fully saturated rings. The molecule has 1 aliphatic carbocycles. The van der Waals surface area contributed by atoms with E-state index in [1.165, 1.54) is 17.7 Å². The average Bonchev–Trinajstić information content (AvgIpc) is 2.92. The van der Waals surface area contributed by atoms with Crippen molar-refractivity contribution in [3.8, 4) is 0 Å². The molecule has 0 spiro atoms. The Morgan fingerprint density at radius 2 is 2.28 bits per heavy atom. The van der Waals surface area contributed by atoms with Crippen molar-refractivity contribution in [3.63, 3.8) is 0 Å². The van der Waals surface area contributed by atoms with Gasteiger partial charge in [0.05, 0.1) is 6.61 Å². The van der Waals surface area contributed by atoms with E-state index in [-0.39, 0.29) is 6.10 Å². The number of aromatic nitrogens is 2. The Morgan fingerprint density at radius 1 is 1.39 bits per heavy atom. The van der Waals surface area contributed by atoms with Crippen LogP contribution in [0.1, 0.15) is 31.5 Å². The molecule has 2 heterocycles. The van der Waals surface area contributed by atoms with E-state index in [2.05, 4.69) is 15.3 Å². The summed E-state index contributed by atoms with van der Waals surface area (Å²) in [7, 11) is 0. The van der Waals surface area contributed by atoms with Crippen LogP contribution in [0.4, 0.5) is 5.82 Å². The molecule has 3 rings (SSSR count). The number of hydrogen-bond donors (Lipinski definition) is 1. The van der Waals surface area contributed by atoms with Crippen LogP contribution >= 0.6 is 0 Å². The van der Waals surface area contributed by atoms with E-state index in [9.17, 15) is 0 Å². The summed E-state index contributed by atoms with van der Waals surface area (Å²) in [5, 5.41) is 3.37. The third kappa shape index (κ3) is 2.33. The van der Waals surface area contributed by atoms with E-state index in [0.29, 0.717) is 6.61 Å². The smallest absolute Gasteiger partial charge is 0.163 e. The van der Waals surface area contributed by atoms with Gasteiger partial charge in [-0.05, 0) is 33.1 Å². The molecule has 0 amide bonds. The van der Waals surface area contributed by atoms with E-state index in [4.69, 9.17) is 9.47 Å². The minimum atomic E-state index is -0.458. The zero-order valence-corrected chi connectivity index (χ0v) is 10.9. The third-order valence-electron chi connectivity index (χ3n) is 3.44. The lowest BCUT2D eigenvalue weighted by Gasteiger charge is -2.17. The predicted octanol–water partition coefficient (Wildman–Crippen LogP) is 1.53. The molecule has 0 aromatic carbocycles. The SMILES string of the molecule is CC1(C)OCC(CNc2ncnc3c2CCC3)O1. The van der Waals surface area contributed by atoms with E-state index in [1.807, 2.05) is 13.8 Å². The van der Waals surface area contributed by atoms with Crippen LogP contribution in [0, 0.1) is 0 Å². The Balaban J connectivity index is 1.63. The summed E-state index contributed by atoms with van der Waals surface area (Å²) in [4.78, 5) is 8.64. The molecule has 1 atom stereocenters. The van der Waals surface area contributed by atoms with Gasteiger partial charge in [-0.25, -0.2) is 9.97 Å². The first kappa shape index (κ1) is 11.9. The predicted molar refractivity (Wildman–Crippen MR) is 67.5 cm³/mol. The Morgan fingerprint density at radius 3 is 3.06 bits per heavy atom. The summed E-state index contributed by atoms with van der Waals surface area (Å²) in [5.41, 5.74) is 2.46. The van der Waals surface area contributed by atoms with Crippen molar-refractivity contribution in [1.29, 1.82) is 0 Å². The monoisotopic (exact) mass is 249 g/mol. The van der Waals surface area contributed by atoms with E-state index >= 15 is 0 Å². The highest BCUT2D eigenvalue weighted by molar-refractivity contribution is 5.47. The van der Waals surface area contributed by atoms with Crippen LogP contribution in [-0.2, 0) is 22.3 Å². The van der Waals surface area contributed by atoms with Gasteiger partial charge < -0.3 is 14.8 Å². The first-order chi connectivity index (χ1) is 8.64. The van der Waals surface area contributed by atoms with Crippen LogP contribution in [0.5, 0.6) is 0 Å². The van der Waals surface area contributed by atoms with E-state index in [1.54, 1.807) is 6.33 Å². The highest BCUT2D eigenvalue weighted by atomic mass is 16.7. The summed E-state index contributed by atoms with van der Waals surface area (Å²) >= 11 is 0. The number of hydrogen-bond acceptors (Lipinski definition) is 5. The van der Waals surface area contributed by atoms with Crippen LogP contribution in [0.3, 0.4) is 0 Å². The van der Waals surface area contributed by atoms with E-state index in [0.717, 1.165) is 25.2 Å². The first-order valence-electron chi connectivity index (χ1n) is 6.52. The first-order valence-corrected chi connectivity index (χ1v) is 6.52. The third-order valence-corrected chi connectivity index (χ3v) is 3.44. The number of anilines is 1. The van der Waals surface area contributed by atoms with E-state index < -0.39 is 5.79 Å². The number of aryl methyl sites for hydroxylation is 1. The zero-order valence-electron chi connectivity index (χ0n) is 10.9. The molecule has 1 unspecified atom stereocenters. The Kier molecular flexibility index (Phi) is 2.95. The minimum Gasteiger partial charge on any atom is -0.367 e. The fraction of sp³-hybridized carbons (Fsp3) is 0.692. The van der Waals surface area contributed by atoms with Crippen molar-refractivity contribution >= 4 is 5.82 Å². The number of rotatable bonds is 3. The second-order valence-electron chi connectivity index (χ2n) is 5.33. The van der Waals surface area contributed by atoms with Crippen molar-refractivity contribution in [2.24, 2.45) is 0 Å². The van der Waals surface area contributed by atoms with Gasteiger partial charge in [0, 0.05) is 17.8 Å². The molecule has 1 saturated heterocycles. The van der Waals surface area contributed by atoms with Gasteiger partial charge in [0.15, 0.2) is 5.79 Å². The van der Waals surface area contributed by atoms with Crippen LogP contribution < -0.4 is 5.32 Å². The lowest BCUT2D eigenvalue weighted by molar-refractivity contribution is -0.136. The van der Waals surface area contributed by atoms with Gasteiger partial charge in [-0.15, -0.1) is 0 Å². The number of nitrogens with zero attached hydrogens (tertiary/aromatic N) is 2. The van der Waals surface area contributed by atoms with Gasteiger partial charge in [0.2, 0.25) is 0 Å². The van der Waals surface area contributed by atoms with Crippen molar-refractivity contribution in [2.45, 2.75) is 45.0 Å². The largest absolute Gasteiger partial charge is 0.367 e. The highest BCUT2D eigenvalue weighted by Crippen LogP contribution is 2.26. The summed E-state index contributed by atoms with van der Waals surface area (Å²) in [6, 6.07) is 0. The van der Waals surface area contributed by atoms with Crippen LogP contribution in [0.25, 0.3) is 0 Å². The van der Waals surface area contributed by atoms with Crippen molar-refractivity contribution < 1.29 is 9.47 Å². The normalized spacial score (nSPS) is 25.1. The Bertz CT molecular complexity index is 448. The molecule has 5 nitrogen and oxygen atoms in total. The topological polar surface area (TPSA) is 56.3 Å². The fourth-order valence-electron chi connectivity index (χ4n) is 2.59. The fourth-order valence-corrected chi connectivity index (χ4v) is 2.59. The lowest BCUT2D eigenvalue weighted by atomic mass is 10.2. The zero-order chi connectivity index (χ0) is 12.6. The van der Waals surface area contributed by atoms with Crippen molar-refractivity contribution in [1.82, 2.24) is 9.97 Å². The second-order valence-corrected chi connectivity index (χ2v) is 5.33. The van der Waals surface area contributed by atoms with Gasteiger partial charge >= 0.3 is 0 Å². The molecule has 1 aromatic rings. The summed E-state index contributed by atoms with van der Waals surface area (Å²) < 4.78 is 11.3. The summed E-state index contributed by atoms with van der Waals surface area (Å²) in [6.45, 7) is 5.24. The second kappa shape index (κ2) is 4.48. The molecule has 1 N–H and O–H groups in total. The summed E-state index contributed by atoms with van der Waals surface area (Å²) in [6.07, 6.45) is 5.06. The maximum Gasteiger partial charge on any atom is 0.163 e. The maximum absolute atomic E-state index is 5.76. The van der Waals surface area contributed by atoms with Gasteiger partial charge in [0.1, 0.15) is 18.2 Å². The molecule has 1 aliphatic heterocycles. The van der Waals surface area contributed by atoms with Gasteiger partial charge in [-0.2, -0.15) is 0 Å². The van der Waals surface area contributed by atoms with Crippen molar-refractivity contribution in [2.75, 3.05) is 18.5 Å². The average molecular weight is 249 g/mol. The van der Waals surface area contributed by atoms with Crippen LogP contribution in [0.15, 0.2) is 6.33 Å². The number of ether oxygens (including phenoxy) is 2. The standard InChI is InChI=1S/C13H19N3O2/c1-13(2)17-7-9(18-13)6-14-12-10-4-3-5-11(10)15-8-16-12/h8-9H,3-7H2,1-2H3,(H,14,15,16). The van der Waals surface area contributed by atoms with Gasteiger partial charge in [-0.1, -0.05) is 0 Å². The number of nitrogens with one attached hydrogen (secondary N) is 1.